The number of rotatable bonds is 7. The maximum Gasteiger partial charge on any atom is 0.407 e. The summed E-state index contributed by atoms with van der Waals surface area (Å²) in [6, 6.07) is 18.3. The Kier molecular flexibility index (Phi) is 7.21. The number of benzene rings is 3. The minimum Gasteiger partial charge on any atom is -0.481 e. The first kappa shape index (κ1) is 24.5. The topological polar surface area (TPSA) is 105 Å². The predicted molar refractivity (Wildman–Crippen MR) is 136 cm³/mol. The second-order valence-corrected chi connectivity index (χ2v) is 9.44. The fourth-order valence-corrected chi connectivity index (χ4v) is 5.17. The molecule has 0 saturated carbocycles. The molecule has 3 N–H and O–H groups in total. The van der Waals surface area contributed by atoms with Gasteiger partial charge in [-0.1, -0.05) is 64.5 Å². The molecular weight excluding hydrogens is 512 g/mol. The summed E-state index contributed by atoms with van der Waals surface area (Å²) in [5, 5.41) is 14.5. The molecule has 1 aliphatic carbocycles. The molecule has 7 nitrogen and oxygen atoms in total. The summed E-state index contributed by atoms with van der Waals surface area (Å²) in [5.74, 6) is -1.99. The molecule has 3 aromatic rings. The van der Waals surface area contributed by atoms with Gasteiger partial charge in [-0.15, -0.1) is 0 Å². The molecule has 0 fully saturated rings. The van der Waals surface area contributed by atoms with Gasteiger partial charge in [-0.2, -0.15) is 0 Å². The molecule has 4 rings (SSSR count). The lowest BCUT2D eigenvalue weighted by Gasteiger charge is -2.20. The molecule has 2 amide bonds. The summed E-state index contributed by atoms with van der Waals surface area (Å²) in [4.78, 5) is 36.9. The molecule has 0 aliphatic heterocycles. The van der Waals surface area contributed by atoms with Gasteiger partial charge in [0.05, 0.1) is 6.42 Å². The normalized spacial score (nSPS) is 12.9. The Balaban J connectivity index is 1.45. The second-order valence-electron chi connectivity index (χ2n) is 8.52. The first-order valence-corrected chi connectivity index (χ1v) is 11.9. The van der Waals surface area contributed by atoms with E-state index in [1.54, 1.807) is 0 Å². The third-order valence-electron chi connectivity index (χ3n) is 6.08. The molecule has 0 heterocycles. The van der Waals surface area contributed by atoms with Crippen molar-refractivity contribution in [3.8, 4) is 11.1 Å². The quantitative estimate of drug-likeness (QED) is 0.375. The summed E-state index contributed by atoms with van der Waals surface area (Å²) < 4.78 is 6.35. The number of ether oxygens (including phenoxy) is 1. The molecule has 180 valence electrons. The highest BCUT2D eigenvalue weighted by molar-refractivity contribution is 9.10. The van der Waals surface area contributed by atoms with Crippen molar-refractivity contribution in [3.05, 3.63) is 87.4 Å². The number of carbonyl (C=O) groups excluding carboxylic acids is 2. The van der Waals surface area contributed by atoms with Crippen LogP contribution in [0, 0.1) is 13.8 Å². The molecule has 8 heteroatoms. The van der Waals surface area contributed by atoms with Gasteiger partial charge in [-0.25, -0.2) is 4.79 Å². The van der Waals surface area contributed by atoms with E-state index in [0.717, 1.165) is 37.9 Å². The lowest BCUT2D eigenvalue weighted by molar-refractivity contribution is -0.139. The Morgan fingerprint density at radius 2 is 1.51 bits per heavy atom. The first-order chi connectivity index (χ1) is 16.7. The van der Waals surface area contributed by atoms with Crippen LogP contribution in [-0.4, -0.2) is 35.7 Å². The van der Waals surface area contributed by atoms with E-state index in [0.29, 0.717) is 5.69 Å². The van der Waals surface area contributed by atoms with Crippen LogP contribution >= 0.6 is 15.9 Å². The minimum atomic E-state index is -1.30. The maximum absolute atomic E-state index is 12.9. The number of carboxylic acid groups (broad SMARTS) is 1. The van der Waals surface area contributed by atoms with Crippen molar-refractivity contribution in [2.24, 2.45) is 0 Å². The molecular formula is C27H25BrN2O5. The number of aryl methyl sites for hydroxylation is 2. The van der Waals surface area contributed by atoms with Crippen LogP contribution in [0.1, 0.15) is 34.6 Å². The van der Waals surface area contributed by atoms with E-state index in [9.17, 15) is 19.5 Å². The second kappa shape index (κ2) is 10.3. The van der Waals surface area contributed by atoms with Crippen molar-refractivity contribution in [2.75, 3.05) is 11.9 Å². The minimum absolute atomic E-state index is 0.0617. The Morgan fingerprint density at radius 3 is 2.06 bits per heavy atom. The number of halogens is 1. The first-order valence-electron chi connectivity index (χ1n) is 11.2. The van der Waals surface area contributed by atoms with Crippen LogP contribution in [-0.2, 0) is 14.3 Å². The summed E-state index contributed by atoms with van der Waals surface area (Å²) in [6.07, 6.45) is -1.43. The summed E-state index contributed by atoms with van der Waals surface area (Å²) >= 11 is 3.41. The molecule has 1 atom stereocenters. The van der Waals surface area contributed by atoms with Crippen molar-refractivity contribution < 1.29 is 24.2 Å². The van der Waals surface area contributed by atoms with E-state index in [2.05, 4.69) is 26.6 Å². The number of carboxylic acids is 1. The zero-order valence-corrected chi connectivity index (χ0v) is 20.9. The molecule has 0 bridgehead atoms. The molecule has 3 aromatic carbocycles. The standard InChI is InChI=1S/C27H25BrN2O5/c1-15-11-17(28)12-16(2)25(15)30-26(33)23(13-24(31)32)29-27(34)35-14-22-20-9-5-3-7-18(20)19-8-4-6-10-21(19)22/h3-12,22-23H,13-14H2,1-2H3,(H,29,34)(H,30,33)(H,31,32). The average molecular weight is 537 g/mol. The lowest BCUT2D eigenvalue weighted by Crippen LogP contribution is -2.45. The highest BCUT2D eigenvalue weighted by Gasteiger charge is 2.30. The van der Waals surface area contributed by atoms with Crippen LogP contribution in [0.15, 0.2) is 65.1 Å². The molecule has 0 spiro atoms. The smallest absolute Gasteiger partial charge is 0.407 e. The van der Waals surface area contributed by atoms with E-state index >= 15 is 0 Å². The van der Waals surface area contributed by atoms with Gasteiger partial charge in [0.1, 0.15) is 12.6 Å². The number of aliphatic carboxylic acids is 1. The van der Waals surface area contributed by atoms with Gasteiger partial charge in [-0.3, -0.25) is 9.59 Å². The highest BCUT2D eigenvalue weighted by Crippen LogP contribution is 2.44. The van der Waals surface area contributed by atoms with E-state index in [1.807, 2.05) is 74.5 Å². The number of anilines is 1. The molecule has 0 aromatic heterocycles. The average Bonchev–Trinajstić information content (AvgIpc) is 3.13. The molecule has 0 radical (unpaired) electrons. The Morgan fingerprint density at radius 1 is 0.971 bits per heavy atom. The van der Waals surface area contributed by atoms with Gasteiger partial charge in [0.2, 0.25) is 5.91 Å². The molecule has 1 aliphatic rings. The van der Waals surface area contributed by atoms with Gasteiger partial charge in [0, 0.05) is 16.1 Å². The van der Waals surface area contributed by atoms with E-state index in [4.69, 9.17) is 4.74 Å². The largest absolute Gasteiger partial charge is 0.481 e. The van der Waals surface area contributed by atoms with Crippen molar-refractivity contribution in [2.45, 2.75) is 32.2 Å². The molecule has 0 saturated heterocycles. The maximum atomic E-state index is 12.9. The van der Waals surface area contributed by atoms with Gasteiger partial charge in [0.15, 0.2) is 0 Å². The van der Waals surface area contributed by atoms with Crippen molar-refractivity contribution >= 4 is 39.6 Å². The monoisotopic (exact) mass is 536 g/mol. The predicted octanol–water partition coefficient (Wildman–Crippen LogP) is 5.39. The van der Waals surface area contributed by atoms with Crippen LogP contribution < -0.4 is 10.6 Å². The van der Waals surface area contributed by atoms with E-state index in [-0.39, 0.29) is 12.5 Å². The third-order valence-corrected chi connectivity index (χ3v) is 6.53. The Bertz CT molecular complexity index is 1240. The van der Waals surface area contributed by atoms with Crippen LogP contribution in [0.4, 0.5) is 10.5 Å². The Hall–Kier alpha value is -3.65. The van der Waals surface area contributed by atoms with Crippen LogP contribution in [0.2, 0.25) is 0 Å². The summed E-state index contributed by atoms with van der Waals surface area (Å²) in [6.45, 7) is 3.73. The van der Waals surface area contributed by atoms with Crippen molar-refractivity contribution in [1.29, 1.82) is 0 Å². The van der Waals surface area contributed by atoms with Crippen LogP contribution in [0.3, 0.4) is 0 Å². The number of hydrogen-bond acceptors (Lipinski definition) is 4. The van der Waals surface area contributed by atoms with Crippen molar-refractivity contribution in [3.63, 3.8) is 0 Å². The molecule has 1 unspecified atom stereocenters. The number of alkyl carbamates (subject to hydrolysis) is 1. The lowest BCUT2D eigenvalue weighted by atomic mass is 9.98. The van der Waals surface area contributed by atoms with Gasteiger partial charge in [-0.05, 0) is 59.4 Å². The van der Waals surface area contributed by atoms with Gasteiger partial charge in [0.25, 0.3) is 0 Å². The van der Waals surface area contributed by atoms with E-state index < -0.39 is 30.4 Å². The van der Waals surface area contributed by atoms with Crippen LogP contribution in [0.25, 0.3) is 11.1 Å². The summed E-state index contributed by atoms with van der Waals surface area (Å²) in [7, 11) is 0. The Labute approximate surface area is 211 Å². The number of carbonyl (C=O) groups is 3. The molecule has 35 heavy (non-hydrogen) atoms. The zero-order valence-electron chi connectivity index (χ0n) is 19.3. The van der Waals surface area contributed by atoms with Gasteiger partial charge >= 0.3 is 12.1 Å². The fourth-order valence-electron chi connectivity index (χ4n) is 4.48. The summed E-state index contributed by atoms with van der Waals surface area (Å²) in [5.41, 5.74) is 6.50. The number of fused-ring (bicyclic) bond motifs is 3. The number of amides is 2. The zero-order chi connectivity index (χ0) is 25.1. The fraction of sp³-hybridized carbons (Fsp3) is 0.222. The van der Waals surface area contributed by atoms with Gasteiger partial charge < -0.3 is 20.5 Å². The third kappa shape index (κ3) is 5.38. The highest BCUT2D eigenvalue weighted by atomic mass is 79.9. The van der Waals surface area contributed by atoms with E-state index in [1.165, 1.54) is 0 Å². The van der Waals surface area contributed by atoms with Crippen LogP contribution in [0.5, 0.6) is 0 Å². The SMILES string of the molecule is Cc1cc(Br)cc(C)c1NC(=O)C(CC(=O)O)NC(=O)OCC1c2ccccc2-c2ccccc21. The number of hydrogen-bond donors (Lipinski definition) is 3. The van der Waals surface area contributed by atoms with Crippen molar-refractivity contribution in [1.82, 2.24) is 5.32 Å². The number of nitrogens with one attached hydrogen (secondary N) is 2.